The van der Waals surface area contributed by atoms with Crippen LogP contribution in [0.25, 0.3) is 22.2 Å². The van der Waals surface area contributed by atoms with Gasteiger partial charge < -0.3 is 10.4 Å². The largest absolute Gasteiger partial charge is 0.386 e. The van der Waals surface area contributed by atoms with E-state index in [1.165, 1.54) is 17.8 Å². The van der Waals surface area contributed by atoms with Crippen molar-refractivity contribution in [1.82, 2.24) is 24.8 Å². The molecule has 1 aliphatic heterocycles. The molecule has 39 heavy (non-hydrogen) atoms. The standard InChI is InChI=1S/C30H34F2N6O/c1-29(2,3)38-12-9-18(10-13-38)19-6-7-25(34-16-19)36-28-35-17-24(32)26(37-28)20-14-21-22(30(4,5)39)8-11-33-27(21)23(31)15-20/h6-8,11,14-18,39H,9-10,12-13H2,1-5H3,(H,34,35,36,37). The molecule has 9 heteroatoms. The number of piperidine rings is 1. The van der Waals surface area contributed by atoms with E-state index in [-0.39, 0.29) is 28.3 Å². The molecule has 204 valence electrons. The minimum absolute atomic E-state index is 0.0684. The summed E-state index contributed by atoms with van der Waals surface area (Å²) in [6, 6.07) is 8.33. The summed E-state index contributed by atoms with van der Waals surface area (Å²) in [5.41, 5.74) is 0.849. The number of fused-ring (bicyclic) bond motifs is 1. The molecule has 0 aliphatic carbocycles. The Balaban J connectivity index is 1.38. The van der Waals surface area contributed by atoms with E-state index in [4.69, 9.17) is 0 Å². The van der Waals surface area contributed by atoms with Crippen LogP contribution in [0.5, 0.6) is 0 Å². The van der Waals surface area contributed by atoms with Gasteiger partial charge in [-0.2, -0.15) is 0 Å². The molecule has 0 unspecified atom stereocenters. The molecule has 2 N–H and O–H groups in total. The van der Waals surface area contributed by atoms with Crippen molar-refractivity contribution in [2.75, 3.05) is 18.4 Å². The summed E-state index contributed by atoms with van der Waals surface area (Å²) >= 11 is 0. The lowest BCUT2D eigenvalue weighted by Gasteiger charge is -2.41. The molecule has 1 saturated heterocycles. The van der Waals surface area contributed by atoms with Crippen molar-refractivity contribution < 1.29 is 13.9 Å². The van der Waals surface area contributed by atoms with E-state index in [1.54, 1.807) is 26.0 Å². The van der Waals surface area contributed by atoms with Gasteiger partial charge in [-0.25, -0.2) is 23.7 Å². The Kier molecular flexibility index (Phi) is 7.07. The molecule has 0 saturated carbocycles. The zero-order valence-corrected chi connectivity index (χ0v) is 23.0. The first-order valence-electron chi connectivity index (χ1n) is 13.2. The quantitative estimate of drug-likeness (QED) is 0.311. The maximum Gasteiger partial charge on any atom is 0.229 e. The predicted molar refractivity (Wildman–Crippen MR) is 149 cm³/mol. The second-order valence-electron chi connectivity index (χ2n) is 11.7. The van der Waals surface area contributed by atoms with Crippen molar-refractivity contribution in [3.63, 3.8) is 0 Å². The number of nitrogens with one attached hydrogen (secondary N) is 1. The maximum absolute atomic E-state index is 15.0. The van der Waals surface area contributed by atoms with E-state index in [0.717, 1.165) is 32.1 Å². The molecule has 0 spiro atoms. The lowest BCUT2D eigenvalue weighted by molar-refractivity contribution is 0.0801. The van der Waals surface area contributed by atoms with E-state index < -0.39 is 17.2 Å². The van der Waals surface area contributed by atoms with Crippen LogP contribution in [-0.2, 0) is 5.60 Å². The van der Waals surface area contributed by atoms with Crippen molar-refractivity contribution in [1.29, 1.82) is 0 Å². The molecule has 0 amide bonds. The minimum atomic E-state index is -1.25. The van der Waals surface area contributed by atoms with Gasteiger partial charge in [-0.3, -0.25) is 9.88 Å². The van der Waals surface area contributed by atoms with Crippen LogP contribution in [0, 0.1) is 11.6 Å². The van der Waals surface area contributed by atoms with Crippen LogP contribution < -0.4 is 5.32 Å². The molecule has 1 aliphatic rings. The Morgan fingerprint density at radius 3 is 2.31 bits per heavy atom. The maximum atomic E-state index is 15.0. The zero-order valence-electron chi connectivity index (χ0n) is 23.0. The highest BCUT2D eigenvalue weighted by Crippen LogP contribution is 2.34. The van der Waals surface area contributed by atoms with Gasteiger partial charge in [0.05, 0.1) is 11.8 Å². The number of likely N-dealkylation sites (tertiary alicyclic amines) is 1. The molecular weight excluding hydrogens is 498 g/mol. The Hall–Kier alpha value is -3.56. The Morgan fingerprint density at radius 1 is 0.923 bits per heavy atom. The number of pyridine rings is 2. The smallest absolute Gasteiger partial charge is 0.229 e. The summed E-state index contributed by atoms with van der Waals surface area (Å²) in [6.45, 7) is 12.1. The molecule has 7 nitrogen and oxygen atoms in total. The summed E-state index contributed by atoms with van der Waals surface area (Å²) in [6.07, 6.45) is 6.53. The van der Waals surface area contributed by atoms with Gasteiger partial charge >= 0.3 is 0 Å². The number of benzene rings is 1. The second-order valence-corrected chi connectivity index (χ2v) is 11.7. The molecule has 0 atom stereocenters. The lowest BCUT2D eigenvalue weighted by Crippen LogP contribution is -2.45. The highest BCUT2D eigenvalue weighted by molar-refractivity contribution is 5.88. The molecule has 5 rings (SSSR count). The van der Waals surface area contributed by atoms with Crippen LogP contribution in [0.4, 0.5) is 20.5 Å². The van der Waals surface area contributed by atoms with Crippen LogP contribution in [0.3, 0.4) is 0 Å². The van der Waals surface area contributed by atoms with Gasteiger partial charge in [0.25, 0.3) is 0 Å². The van der Waals surface area contributed by atoms with Gasteiger partial charge in [0, 0.05) is 28.9 Å². The third-order valence-electron chi connectivity index (χ3n) is 7.42. The Morgan fingerprint density at radius 2 is 1.67 bits per heavy atom. The summed E-state index contributed by atoms with van der Waals surface area (Å²) in [7, 11) is 0. The highest BCUT2D eigenvalue weighted by atomic mass is 19.1. The molecule has 3 aromatic heterocycles. The van der Waals surface area contributed by atoms with Crippen molar-refractivity contribution in [2.45, 2.75) is 64.5 Å². The summed E-state index contributed by atoms with van der Waals surface area (Å²) in [5.74, 6) is -0.198. The number of hydrogen-bond donors (Lipinski definition) is 2. The summed E-state index contributed by atoms with van der Waals surface area (Å²) < 4.78 is 29.9. The molecule has 1 fully saturated rings. The zero-order chi connectivity index (χ0) is 27.9. The molecule has 1 aromatic carbocycles. The van der Waals surface area contributed by atoms with Crippen LogP contribution >= 0.6 is 0 Å². The summed E-state index contributed by atoms with van der Waals surface area (Å²) in [5, 5.41) is 14.0. The van der Waals surface area contributed by atoms with Gasteiger partial charge in [-0.05, 0) is 102 Å². The molecular formula is C30H34F2N6O. The monoisotopic (exact) mass is 532 g/mol. The van der Waals surface area contributed by atoms with E-state index in [9.17, 15) is 9.50 Å². The van der Waals surface area contributed by atoms with Crippen LogP contribution in [-0.4, -0.2) is 48.6 Å². The number of aromatic nitrogens is 4. The van der Waals surface area contributed by atoms with E-state index in [1.807, 2.05) is 12.3 Å². The number of halogens is 2. The normalized spacial score (nSPS) is 15.6. The van der Waals surface area contributed by atoms with E-state index in [0.29, 0.717) is 22.7 Å². The van der Waals surface area contributed by atoms with Crippen LogP contribution in [0.2, 0.25) is 0 Å². The highest BCUT2D eigenvalue weighted by Gasteiger charge is 2.28. The molecule has 4 heterocycles. The number of nitrogens with zero attached hydrogens (tertiary/aromatic N) is 5. The third-order valence-corrected chi connectivity index (χ3v) is 7.42. The number of rotatable bonds is 5. The van der Waals surface area contributed by atoms with Gasteiger partial charge in [0.15, 0.2) is 5.82 Å². The third kappa shape index (κ3) is 5.74. The second kappa shape index (κ2) is 10.2. The number of anilines is 2. The first kappa shape index (κ1) is 27.0. The van der Waals surface area contributed by atoms with Crippen molar-refractivity contribution >= 4 is 22.7 Å². The number of aliphatic hydroxyl groups is 1. The fourth-order valence-corrected chi connectivity index (χ4v) is 5.23. The van der Waals surface area contributed by atoms with Gasteiger partial charge in [0.2, 0.25) is 5.95 Å². The van der Waals surface area contributed by atoms with Crippen molar-refractivity contribution in [3.05, 3.63) is 71.7 Å². The lowest BCUT2D eigenvalue weighted by atomic mass is 9.88. The Labute approximate surface area is 227 Å². The first-order chi connectivity index (χ1) is 18.4. The SMILES string of the molecule is CC(C)(O)c1ccnc2c(F)cc(-c3nc(Nc4ccc(C5CCN(C(C)(C)C)CC5)cn4)ncc3F)cc12. The topological polar surface area (TPSA) is 87.1 Å². The van der Waals surface area contributed by atoms with Crippen LogP contribution in [0.15, 0.2) is 48.9 Å². The fraction of sp³-hybridized carbons (Fsp3) is 0.400. The molecule has 0 bridgehead atoms. The van der Waals surface area contributed by atoms with E-state index in [2.05, 4.69) is 57.0 Å². The van der Waals surface area contributed by atoms with Gasteiger partial charge in [-0.15, -0.1) is 0 Å². The van der Waals surface area contributed by atoms with Crippen molar-refractivity contribution in [2.24, 2.45) is 0 Å². The minimum Gasteiger partial charge on any atom is -0.386 e. The number of hydrogen-bond acceptors (Lipinski definition) is 7. The average molecular weight is 533 g/mol. The molecule has 4 aromatic rings. The average Bonchev–Trinajstić information content (AvgIpc) is 2.89. The first-order valence-corrected chi connectivity index (χ1v) is 13.2. The van der Waals surface area contributed by atoms with Gasteiger partial charge in [-0.1, -0.05) is 6.07 Å². The predicted octanol–water partition coefficient (Wildman–Crippen LogP) is 6.31. The van der Waals surface area contributed by atoms with Crippen LogP contribution in [0.1, 0.15) is 64.5 Å². The van der Waals surface area contributed by atoms with Gasteiger partial charge in [0.1, 0.15) is 22.8 Å². The molecule has 0 radical (unpaired) electrons. The summed E-state index contributed by atoms with van der Waals surface area (Å²) in [4.78, 5) is 19.5. The van der Waals surface area contributed by atoms with Crippen molar-refractivity contribution in [3.8, 4) is 11.3 Å². The van der Waals surface area contributed by atoms with E-state index >= 15 is 4.39 Å². The Bertz CT molecular complexity index is 1490. The fourth-order valence-electron chi connectivity index (χ4n) is 5.23.